The first-order chi connectivity index (χ1) is 10.5. The summed E-state index contributed by atoms with van der Waals surface area (Å²) in [6.45, 7) is 8.91. The Labute approximate surface area is 132 Å². The number of hydrogen-bond donors (Lipinski definition) is 0. The zero-order valence-electron chi connectivity index (χ0n) is 14.1. The Kier molecular flexibility index (Phi) is 3.82. The second-order valence-corrected chi connectivity index (χ2v) is 6.67. The standard InChI is InChI=1S/C21H24O/c1-13(2)15-6-8-18-17(10-15)12-21(22-5)20-11-16(14(3)4)7-9-19(18)20/h6-14H,1-5H3. The molecule has 0 saturated heterocycles. The molecule has 22 heavy (non-hydrogen) atoms. The molecule has 3 rings (SSSR count). The molecule has 0 radical (unpaired) electrons. The van der Waals surface area contributed by atoms with Gasteiger partial charge in [0, 0.05) is 5.39 Å². The van der Waals surface area contributed by atoms with Crippen LogP contribution < -0.4 is 4.74 Å². The summed E-state index contributed by atoms with van der Waals surface area (Å²) in [6, 6.07) is 15.7. The van der Waals surface area contributed by atoms with Crippen LogP contribution in [0.1, 0.15) is 50.7 Å². The van der Waals surface area contributed by atoms with Gasteiger partial charge in [0.15, 0.2) is 0 Å². The molecule has 0 aliphatic heterocycles. The van der Waals surface area contributed by atoms with Crippen molar-refractivity contribution in [2.75, 3.05) is 7.11 Å². The number of hydrogen-bond acceptors (Lipinski definition) is 1. The molecule has 3 aromatic rings. The molecule has 0 unspecified atom stereocenters. The Morgan fingerprint density at radius 3 is 1.86 bits per heavy atom. The van der Waals surface area contributed by atoms with Crippen molar-refractivity contribution >= 4 is 21.5 Å². The predicted molar refractivity (Wildman–Crippen MR) is 96.2 cm³/mol. The Morgan fingerprint density at radius 2 is 1.27 bits per heavy atom. The highest BCUT2D eigenvalue weighted by molar-refractivity contribution is 6.10. The van der Waals surface area contributed by atoms with Crippen LogP contribution in [0, 0.1) is 0 Å². The maximum absolute atomic E-state index is 5.67. The Bertz CT molecular complexity index is 828. The topological polar surface area (TPSA) is 9.23 Å². The summed E-state index contributed by atoms with van der Waals surface area (Å²) in [4.78, 5) is 0. The Hall–Kier alpha value is -2.02. The summed E-state index contributed by atoms with van der Waals surface area (Å²) in [5.74, 6) is 2.02. The van der Waals surface area contributed by atoms with E-state index >= 15 is 0 Å². The van der Waals surface area contributed by atoms with Crippen molar-refractivity contribution in [2.45, 2.75) is 39.5 Å². The molecular formula is C21H24O. The maximum Gasteiger partial charge on any atom is 0.127 e. The molecule has 0 aliphatic rings. The van der Waals surface area contributed by atoms with E-state index in [-0.39, 0.29) is 0 Å². The summed E-state index contributed by atoms with van der Waals surface area (Å²) < 4.78 is 5.67. The normalized spacial score (nSPS) is 11.8. The molecule has 0 aromatic heterocycles. The van der Waals surface area contributed by atoms with Gasteiger partial charge < -0.3 is 4.74 Å². The van der Waals surface area contributed by atoms with Crippen LogP contribution in [0.25, 0.3) is 21.5 Å². The van der Waals surface area contributed by atoms with Gasteiger partial charge in [-0.2, -0.15) is 0 Å². The van der Waals surface area contributed by atoms with Gasteiger partial charge in [-0.1, -0.05) is 58.0 Å². The molecule has 114 valence electrons. The molecule has 0 amide bonds. The first-order valence-corrected chi connectivity index (χ1v) is 8.05. The third-order valence-electron chi connectivity index (χ3n) is 4.51. The zero-order chi connectivity index (χ0) is 15.9. The van der Waals surface area contributed by atoms with Gasteiger partial charge in [-0.3, -0.25) is 0 Å². The third kappa shape index (κ3) is 2.45. The summed E-state index contributed by atoms with van der Waals surface area (Å²) >= 11 is 0. The van der Waals surface area contributed by atoms with E-state index in [4.69, 9.17) is 4.74 Å². The minimum Gasteiger partial charge on any atom is -0.496 e. The lowest BCUT2D eigenvalue weighted by Gasteiger charge is -2.14. The maximum atomic E-state index is 5.67. The highest BCUT2D eigenvalue weighted by atomic mass is 16.5. The quantitative estimate of drug-likeness (QED) is 0.518. The fourth-order valence-electron chi connectivity index (χ4n) is 3.05. The number of ether oxygens (including phenoxy) is 1. The predicted octanol–water partition coefficient (Wildman–Crippen LogP) is 6.25. The molecule has 3 aromatic carbocycles. The van der Waals surface area contributed by atoms with Gasteiger partial charge in [-0.15, -0.1) is 0 Å². The molecule has 0 N–H and O–H groups in total. The van der Waals surface area contributed by atoms with Crippen molar-refractivity contribution < 1.29 is 4.74 Å². The minimum absolute atomic E-state index is 0.521. The second-order valence-electron chi connectivity index (χ2n) is 6.67. The summed E-state index contributed by atoms with van der Waals surface area (Å²) in [7, 11) is 1.76. The lowest BCUT2D eigenvalue weighted by molar-refractivity contribution is 0.420. The van der Waals surface area contributed by atoms with E-state index in [2.05, 4.69) is 70.2 Å². The van der Waals surface area contributed by atoms with Gasteiger partial charge in [-0.25, -0.2) is 0 Å². The summed E-state index contributed by atoms with van der Waals surface area (Å²) in [6.07, 6.45) is 0. The number of fused-ring (bicyclic) bond motifs is 3. The van der Waals surface area contributed by atoms with Gasteiger partial charge in [0.2, 0.25) is 0 Å². The Morgan fingerprint density at radius 1 is 0.682 bits per heavy atom. The minimum atomic E-state index is 0.521. The highest BCUT2D eigenvalue weighted by Gasteiger charge is 2.10. The van der Waals surface area contributed by atoms with Crippen LogP contribution in [0.2, 0.25) is 0 Å². The molecule has 0 bridgehead atoms. The first kappa shape index (κ1) is 14.9. The molecule has 0 spiro atoms. The summed E-state index contributed by atoms with van der Waals surface area (Å²) in [5.41, 5.74) is 2.72. The zero-order valence-corrected chi connectivity index (χ0v) is 14.1. The lowest BCUT2D eigenvalue weighted by Crippen LogP contribution is -1.92. The molecule has 0 aliphatic carbocycles. The number of methoxy groups -OCH3 is 1. The number of benzene rings is 3. The van der Waals surface area contributed by atoms with E-state index in [0.717, 1.165) is 5.75 Å². The Balaban J connectivity index is 2.35. The van der Waals surface area contributed by atoms with Gasteiger partial charge in [-0.05, 0) is 51.3 Å². The molecule has 1 heteroatoms. The lowest BCUT2D eigenvalue weighted by atomic mass is 9.93. The van der Waals surface area contributed by atoms with E-state index in [1.54, 1.807) is 7.11 Å². The van der Waals surface area contributed by atoms with Gasteiger partial charge in [0.05, 0.1) is 7.11 Å². The first-order valence-electron chi connectivity index (χ1n) is 8.05. The number of rotatable bonds is 3. The van der Waals surface area contributed by atoms with E-state index in [0.29, 0.717) is 11.8 Å². The van der Waals surface area contributed by atoms with Crippen molar-refractivity contribution in [1.82, 2.24) is 0 Å². The van der Waals surface area contributed by atoms with Gasteiger partial charge in [0.1, 0.15) is 5.75 Å². The molecule has 0 heterocycles. The molecular weight excluding hydrogens is 268 g/mol. The van der Waals surface area contributed by atoms with E-state index in [1.807, 2.05) is 0 Å². The van der Waals surface area contributed by atoms with Crippen molar-refractivity contribution in [3.05, 3.63) is 53.6 Å². The van der Waals surface area contributed by atoms with E-state index in [9.17, 15) is 0 Å². The van der Waals surface area contributed by atoms with Crippen molar-refractivity contribution in [1.29, 1.82) is 0 Å². The van der Waals surface area contributed by atoms with Crippen LogP contribution in [-0.4, -0.2) is 7.11 Å². The third-order valence-corrected chi connectivity index (χ3v) is 4.51. The van der Waals surface area contributed by atoms with Gasteiger partial charge in [0.25, 0.3) is 0 Å². The fraction of sp³-hybridized carbons (Fsp3) is 0.333. The van der Waals surface area contributed by atoms with Crippen LogP contribution >= 0.6 is 0 Å². The van der Waals surface area contributed by atoms with E-state index < -0.39 is 0 Å². The van der Waals surface area contributed by atoms with Crippen LogP contribution in [0.15, 0.2) is 42.5 Å². The monoisotopic (exact) mass is 292 g/mol. The van der Waals surface area contributed by atoms with Crippen LogP contribution in [-0.2, 0) is 0 Å². The average molecular weight is 292 g/mol. The van der Waals surface area contributed by atoms with Crippen LogP contribution in [0.4, 0.5) is 0 Å². The van der Waals surface area contributed by atoms with Crippen LogP contribution in [0.3, 0.4) is 0 Å². The molecule has 0 saturated carbocycles. The average Bonchev–Trinajstić information content (AvgIpc) is 2.52. The fourth-order valence-corrected chi connectivity index (χ4v) is 3.05. The molecule has 0 atom stereocenters. The highest BCUT2D eigenvalue weighted by Crippen LogP contribution is 2.36. The second kappa shape index (κ2) is 5.64. The van der Waals surface area contributed by atoms with Gasteiger partial charge >= 0.3 is 0 Å². The molecule has 1 nitrogen and oxygen atoms in total. The van der Waals surface area contributed by atoms with Crippen molar-refractivity contribution in [2.24, 2.45) is 0 Å². The van der Waals surface area contributed by atoms with Crippen molar-refractivity contribution in [3.8, 4) is 5.75 Å². The molecule has 0 fully saturated rings. The smallest absolute Gasteiger partial charge is 0.127 e. The largest absolute Gasteiger partial charge is 0.496 e. The van der Waals surface area contributed by atoms with Crippen molar-refractivity contribution in [3.63, 3.8) is 0 Å². The SMILES string of the molecule is COc1cc2cc(C(C)C)ccc2c2ccc(C(C)C)cc12. The summed E-state index contributed by atoms with van der Waals surface area (Å²) in [5, 5.41) is 5.04. The van der Waals surface area contributed by atoms with E-state index in [1.165, 1.54) is 32.7 Å². The van der Waals surface area contributed by atoms with Crippen LogP contribution in [0.5, 0.6) is 5.75 Å².